The van der Waals surface area contributed by atoms with Gasteiger partial charge in [-0.25, -0.2) is 13.4 Å². The van der Waals surface area contributed by atoms with Crippen LogP contribution >= 0.6 is 0 Å². The molecule has 0 saturated carbocycles. The third kappa shape index (κ3) is 3.06. The molecular formula is C20H16N2O2S. The Morgan fingerprint density at radius 1 is 0.800 bits per heavy atom. The van der Waals surface area contributed by atoms with Gasteiger partial charge in [-0.1, -0.05) is 36.4 Å². The van der Waals surface area contributed by atoms with Gasteiger partial charge in [0, 0.05) is 18.6 Å². The summed E-state index contributed by atoms with van der Waals surface area (Å²) in [6.45, 7) is 0. The summed E-state index contributed by atoms with van der Waals surface area (Å²) in [5.41, 5.74) is 3.11. The van der Waals surface area contributed by atoms with E-state index in [0.29, 0.717) is 9.79 Å². The Balaban J connectivity index is 1.59. The highest BCUT2D eigenvalue weighted by atomic mass is 32.2. The molecule has 2 aromatic carbocycles. The van der Waals surface area contributed by atoms with E-state index in [1.165, 1.54) is 0 Å². The summed E-state index contributed by atoms with van der Waals surface area (Å²) in [6, 6.07) is 19.6. The Hall–Kier alpha value is -2.92. The van der Waals surface area contributed by atoms with Crippen molar-refractivity contribution in [3.63, 3.8) is 0 Å². The molecule has 124 valence electrons. The number of sulfone groups is 1. The first-order chi connectivity index (χ1) is 12.1. The Labute approximate surface area is 146 Å². The van der Waals surface area contributed by atoms with Gasteiger partial charge in [0.25, 0.3) is 0 Å². The van der Waals surface area contributed by atoms with Crippen LogP contribution in [-0.2, 0) is 16.3 Å². The van der Waals surface area contributed by atoms with Crippen molar-refractivity contribution >= 4 is 15.5 Å². The molecule has 4 nitrogen and oxygen atoms in total. The van der Waals surface area contributed by atoms with Gasteiger partial charge in [-0.2, -0.15) is 0 Å². The zero-order chi connectivity index (χ0) is 17.3. The Kier molecular flexibility index (Phi) is 3.86. The summed E-state index contributed by atoms with van der Waals surface area (Å²) in [6.07, 6.45) is 6.45. The number of rotatable bonds is 4. The van der Waals surface area contributed by atoms with Crippen LogP contribution in [0.25, 0.3) is 5.65 Å². The summed E-state index contributed by atoms with van der Waals surface area (Å²) >= 11 is 0. The molecule has 4 aromatic rings. The molecule has 0 aliphatic carbocycles. The predicted molar refractivity (Wildman–Crippen MR) is 96.3 cm³/mol. The SMILES string of the molecule is O=S(=O)(c1ccccc1)c1ccc(Cc2ccc3nccn3c2)cc1. The molecule has 4 rings (SSSR count). The molecule has 5 heteroatoms. The molecule has 0 radical (unpaired) electrons. The van der Waals surface area contributed by atoms with Crippen molar-refractivity contribution in [2.24, 2.45) is 0 Å². The number of pyridine rings is 1. The Bertz CT molecular complexity index is 1120. The van der Waals surface area contributed by atoms with E-state index < -0.39 is 9.84 Å². The van der Waals surface area contributed by atoms with Crippen molar-refractivity contribution in [3.8, 4) is 0 Å². The quantitative estimate of drug-likeness (QED) is 0.564. The van der Waals surface area contributed by atoms with E-state index in [9.17, 15) is 8.42 Å². The smallest absolute Gasteiger partial charge is 0.206 e. The second-order valence-corrected chi connectivity index (χ2v) is 7.82. The van der Waals surface area contributed by atoms with E-state index in [1.54, 1.807) is 48.7 Å². The fourth-order valence-electron chi connectivity index (χ4n) is 2.83. The number of imidazole rings is 1. The largest absolute Gasteiger partial charge is 0.307 e. The molecule has 0 atom stereocenters. The van der Waals surface area contributed by atoms with Gasteiger partial charge in [0.15, 0.2) is 0 Å². The van der Waals surface area contributed by atoms with Gasteiger partial charge >= 0.3 is 0 Å². The van der Waals surface area contributed by atoms with Crippen LogP contribution in [-0.4, -0.2) is 17.8 Å². The van der Waals surface area contributed by atoms with Gasteiger partial charge in [-0.05, 0) is 47.9 Å². The summed E-state index contributed by atoms with van der Waals surface area (Å²) in [7, 11) is -3.46. The molecule has 0 unspecified atom stereocenters. The standard InChI is InChI=1S/C20H16N2O2S/c23-25(24,18-4-2-1-3-5-18)19-9-6-16(7-10-19)14-17-8-11-20-21-12-13-22(20)15-17/h1-13,15H,14H2. The highest BCUT2D eigenvalue weighted by Crippen LogP contribution is 2.21. The van der Waals surface area contributed by atoms with Gasteiger partial charge < -0.3 is 4.40 Å². The van der Waals surface area contributed by atoms with Crippen LogP contribution in [0.15, 0.2) is 95.1 Å². The highest BCUT2D eigenvalue weighted by Gasteiger charge is 2.16. The van der Waals surface area contributed by atoms with E-state index in [4.69, 9.17) is 0 Å². The van der Waals surface area contributed by atoms with E-state index in [0.717, 1.165) is 23.2 Å². The van der Waals surface area contributed by atoms with E-state index >= 15 is 0 Å². The maximum Gasteiger partial charge on any atom is 0.206 e. The lowest BCUT2D eigenvalue weighted by molar-refractivity contribution is 0.596. The van der Waals surface area contributed by atoms with Crippen molar-refractivity contribution in [1.29, 1.82) is 0 Å². The fourth-order valence-corrected chi connectivity index (χ4v) is 4.11. The molecule has 0 bridgehead atoms. The lowest BCUT2D eigenvalue weighted by Gasteiger charge is -2.07. The predicted octanol–water partition coefficient (Wildman–Crippen LogP) is 3.76. The van der Waals surface area contributed by atoms with Crippen molar-refractivity contribution in [2.45, 2.75) is 16.2 Å². The minimum atomic E-state index is -3.46. The zero-order valence-electron chi connectivity index (χ0n) is 13.4. The number of nitrogens with zero attached hydrogens (tertiary/aromatic N) is 2. The summed E-state index contributed by atoms with van der Waals surface area (Å²) in [5.74, 6) is 0. The van der Waals surface area contributed by atoms with Crippen molar-refractivity contribution < 1.29 is 8.42 Å². The van der Waals surface area contributed by atoms with Gasteiger partial charge in [0.2, 0.25) is 9.84 Å². The van der Waals surface area contributed by atoms with Crippen LogP contribution in [0, 0.1) is 0 Å². The Morgan fingerprint density at radius 3 is 2.24 bits per heavy atom. The molecule has 0 spiro atoms. The number of hydrogen-bond donors (Lipinski definition) is 0. The van der Waals surface area contributed by atoms with Crippen LogP contribution in [0.2, 0.25) is 0 Å². The zero-order valence-corrected chi connectivity index (χ0v) is 14.2. The molecule has 25 heavy (non-hydrogen) atoms. The Morgan fingerprint density at radius 2 is 1.48 bits per heavy atom. The van der Waals surface area contributed by atoms with Crippen LogP contribution in [0.1, 0.15) is 11.1 Å². The van der Waals surface area contributed by atoms with Crippen LogP contribution in [0.5, 0.6) is 0 Å². The van der Waals surface area contributed by atoms with E-state index in [1.807, 2.05) is 41.1 Å². The lowest BCUT2D eigenvalue weighted by Crippen LogP contribution is -2.02. The summed E-state index contributed by atoms with van der Waals surface area (Å²) in [4.78, 5) is 4.86. The molecule has 2 heterocycles. The molecule has 0 fully saturated rings. The second-order valence-electron chi connectivity index (χ2n) is 5.87. The van der Waals surface area contributed by atoms with Gasteiger partial charge in [-0.15, -0.1) is 0 Å². The topological polar surface area (TPSA) is 51.4 Å². The van der Waals surface area contributed by atoms with E-state index in [-0.39, 0.29) is 0 Å². The monoisotopic (exact) mass is 348 g/mol. The normalized spacial score (nSPS) is 11.7. The molecule has 0 amide bonds. The molecular weight excluding hydrogens is 332 g/mol. The minimum absolute atomic E-state index is 0.313. The molecule has 0 N–H and O–H groups in total. The van der Waals surface area contributed by atoms with Crippen LogP contribution in [0.4, 0.5) is 0 Å². The fraction of sp³-hybridized carbons (Fsp3) is 0.0500. The van der Waals surface area contributed by atoms with Gasteiger partial charge in [-0.3, -0.25) is 0 Å². The lowest BCUT2D eigenvalue weighted by atomic mass is 10.1. The van der Waals surface area contributed by atoms with Gasteiger partial charge in [0.1, 0.15) is 5.65 Å². The second kappa shape index (κ2) is 6.18. The minimum Gasteiger partial charge on any atom is -0.307 e. The van der Waals surface area contributed by atoms with Crippen molar-refractivity contribution in [1.82, 2.24) is 9.38 Å². The van der Waals surface area contributed by atoms with Crippen molar-refractivity contribution in [2.75, 3.05) is 0 Å². The number of fused-ring (bicyclic) bond motifs is 1. The molecule has 0 saturated heterocycles. The number of aromatic nitrogens is 2. The molecule has 0 aliphatic rings. The third-order valence-electron chi connectivity index (χ3n) is 4.15. The average molecular weight is 348 g/mol. The third-order valence-corrected chi connectivity index (χ3v) is 5.93. The van der Waals surface area contributed by atoms with Crippen LogP contribution < -0.4 is 0 Å². The van der Waals surface area contributed by atoms with Crippen molar-refractivity contribution in [3.05, 3.63) is 96.4 Å². The first-order valence-corrected chi connectivity index (χ1v) is 9.42. The molecule has 2 aromatic heterocycles. The highest BCUT2D eigenvalue weighted by molar-refractivity contribution is 7.91. The first-order valence-electron chi connectivity index (χ1n) is 7.94. The summed E-state index contributed by atoms with van der Waals surface area (Å²) < 4.78 is 27.2. The average Bonchev–Trinajstić information content (AvgIpc) is 3.11. The maximum absolute atomic E-state index is 12.6. The van der Waals surface area contributed by atoms with Crippen LogP contribution in [0.3, 0.4) is 0 Å². The number of hydrogen-bond acceptors (Lipinski definition) is 3. The number of benzene rings is 2. The van der Waals surface area contributed by atoms with E-state index in [2.05, 4.69) is 4.98 Å². The summed E-state index contributed by atoms with van der Waals surface area (Å²) in [5, 5.41) is 0. The maximum atomic E-state index is 12.6. The van der Waals surface area contributed by atoms with Gasteiger partial charge in [0.05, 0.1) is 9.79 Å². The molecule has 0 aliphatic heterocycles. The first kappa shape index (κ1) is 15.6.